The molecule has 0 unspecified atom stereocenters. The fourth-order valence-electron chi connectivity index (χ4n) is 2.70. The van der Waals surface area contributed by atoms with Crippen LogP contribution in [0.4, 0.5) is 5.69 Å². The van der Waals surface area contributed by atoms with Crippen LogP contribution in [0.1, 0.15) is 45.0 Å². The molecule has 1 aromatic heterocycles. The summed E-state index contributed by atoms with van der Waals surface area (Å²) in [6, 6.07) is 7.81. The van der Waals surface area contributed by atoms with Crippen molar-refractivity contribution in [3.05, 3.63) is 54.4 Å². The standard InChI is InChI=1S/C20H27N5O2/c1-6-20(27)24(13-18-14-25(15(3)4)22-21-18)19-10-8-9-17(11-19)12-23(7-2)16(5)26/h6,8-11,14-15H,1,7,12-13H2,2-5H3. The van der Waals surface area contributed by atoms with Crippen molar-refractivity contribution < 1.29 is 9.59 Å². The Labute approximate surface area is 160 Å². The number of aromatic nitrogens is 3. The zero-order valence-corrected chi connectivity index (χ0v) is 16.4. The highest BCUT2D eigenvalue weighted by Crippen LogP contribution is 2.20. The Kier molecular flexibility index (Phi) is 6.87. The molecule has 0 fully saturated rings. The van der Waals surface area contributed by atoms with Crippen LogP contribution < -0.4 is 4.90 Å². The van der Waals surface area contributed by atoms with Crippen molar-refractivity contribution in [2.45, 2.75) is 46.8 Å². The van der Waals surface area contributed by atoms with Gasteiger partial charge in [-0.2, -0.15) is 0 Å². The fraction of sp³-hybridized carbons (Fsp3) is 0.400. The van der Waals surface area contributed by atoms with E-state index in [9.17, 15) is 9.59 Å². The Hall–Kier alpha value is -2.96. The van der Waals surface area contributed by atoms with E-state index in [1.807, 2.05) is 51.2 Å². The predicted octanol–water partition coefficient (Wildman–Crippen LogP) is 2.95. The summed E-state index contributed by atoms with van der Waals surface area (Å²) in [5.74, 6) is -0.197. The molecule has 1 heterocycles. The molecule has 7 heteroatoms. The molecular formula is C20H27N5O2. The monoisotopic (exact) mass is 369 g/mol. The van der Waals surface area contributed by atoms with Crippen molar-refractivity contribution in [2.75, 3.05) is 11.4 Å². The highest BCUT2D eigenvalue weighted by molar-refractivity contribution is 6.00. The fourth-order valence-corrected chi connectivity index (χ4v) is 2.70. The third kappa shape index (κ3) is 5.26. The third-order valence-electron chi connectivity index (χ3n) is 4.27. The zero-order chi connectivity index (χ0) is 20.0. The lowest BCUT2D eigenvalue weighted by atomic mass is 10.1. The van der Waals surface area contributed by atoms with Gasteiger partial charge in [0.15, 0.2) is 0 Å². The van der Waals surface area contributed by atoms with Crippen LogP contribution in [-0.4, -0.2) is 38.3 Å². The van der Waals surface area contributed by atoms with Gasteiger partial charge in [0, 0.05) is 31.7 Å². The van der Waals surface area contributed by atoms with E-state index < -0.39 is 0 Å². The molecule has 2 amide bonds. The summed E-state index contributed by atoms with van der Waals surface area (Å²) in [5, 5.41) is 8.25. The topological polar surface area (TPSA) is 71.3 Å². The minimum atomic E-state index is -0.217. The molecule has 0 spiro atoms. The number of carbonyl (C=O) groups is 2. The van der Waals surface area contributed by atoms with Gasteiger partial charge in [-0.25, -0.2) is 4.68 Å². The number of hydrogen-bond acceptors (Lipinski definition) is 4. The molecule has 0 aliphatic rings. The second kappa shape index (κ2) is 9.12. The summed E-state index contributed by atoms with van der Waals surface area (Å²) >= 11 is 0. The average molecular weight is 369 g/mol. The molecule has 2 aromatic rings. The van der Waals surface area contributed by atoms with Crippen molar-refractivity contribution in [1.82, 2.24) is 19.9 Å². The summed E-state index contributed by atoms with van der Waals surface area (Å²) in [5.41, 5.74) is 2.39. The molecule has 2 rings (SSSR count). The van der Waals surface area contributed by atoms with Gasteiger partial charge >= 0.3 is 0 Å². The van der Waals surface area contributed by atoms with E-state index >= 15 is 0 Å². The van der Waals surface area contributed by atoms with Crippen LogP contribution in [-0.2, 0) is 22.7 Å². The van der Waals surface area contributed by atoms with Crippen molar-refractivity contribution in [3.8, 4) is 0 Å². The largest absolute Gasteiger partial charge is 0.339 e. The second-order valence-corrected chi connectivity index (χ2v) is 6.62. The first-order valence-corrected chi connectivity index (χ1v) is 9.04. The molecule has 0 N–H and O–H groups in total. The van der Waals surface area contributed by atoms with E-state index in [1.165, 1.54) is 6.08 Å². The maximum absolute atomic E-state index is 12.4. The van der Waals surface area contributed by atoms with Gasteiger partial charge in [0.25, 0.3) is 5.91 Å². The Morgan fingerprint density at radius 2 is 2.04 bits per heavy atom. The third-order valence-corrected chi connectivity index (χ3v) is 4.27. The molecule has 1 aromatic carbocycles. The Morgan fingerprint density at radius 1 is 1.30 bits per heavy atom. The van der Waals surface area contributed by atoms with Crippen LogP contribution in [0.25, 0.3) is 0 Å². The van der Waals surface area contributed by atoms with E-state index in [0.29, 0.717) is 25.3 Å². The second-order valence-electron chi connectivity index (χ2n) is 6.62. The van der Waals surface area contributed by atoms with Crippen molar-refractivity contribution >= 4 is 17.5 Å². The van der Waals surface area contributed by atoms with Crippen LogP contribution in [0, 0.1) is 0 Å². The maximum Gasteiger partial charge on any atom is 0.250 e. The van der Waals surface area contributed by atoms with Gasteiger partial charge in [-0.15, -0.1) is 5.10 Å². The lowest BCUT2D eigenvalue weighted by Crippen LogP contribution is -2.30. The summed E-state index contributed by atoms with van der Waals surface area (Å²) in [6.07, 6.45) is 3.12. The van der Waals surface area contributed by atoms with E-state index in [2.05, 4.69) is 16.9 Å². The first kappa shape index (κ1) is 20.4. The number of rotatable bonds is 8. The van der Waals surface area contributed by atoms with Crippen molar-refractivity contribution in [1.29, 1.82) is 0 Å². The molecule has 7 nitrogen and oxygen atoms in total. The molecule has 27 heavy (non-hydrogen) atoms. The summed E-state index contributed by atoms with van der Waals surface area (Å²) in [4.78, 5) is 27.5. The van der Waals surface area contributed by atoms with E-state index in [0.717, 1.165) is 11.3 Å². The minimum Gasteiger partial charge on any atom is -0.339 e. The van der Waals surface area contributed by atoms with E-state index in [-0.39, 0.29) is 17.9 Å². The van der Waals surface area contributed by atoms with Gasteiger partial charge < -0.3 is 9.80 Å². The van der Waals surface area contributed by atoms with E-state index in [4.69, 9.17) is 0 Å². The molecule has 0 atom stereocenters. The van der Waals surface area contributed by atoms with Crippen LogP contribution in [0.2, 0.25) is 0 Å². The average Bonchev–Trinajstić information content (AvgIpc) is 3.12. The van der Waals surface area contributed by atoms with Crippen molar-refractivity contribution in [3.63, 3.8) is 0 Å². The van der Waals surface area contributed by atoms with Gasteiger partial charge in [0.2, 0.25) is 5.91 Å². The summed E-state index contributed by atoms with van der Waals surface area (Å²) < 4.78 is 1.76. The first-order valence-electron chi connectivity index (χ1n) is 9.04. The van der Waals surface area contributed by atoms with Gasteiger partial charge in [-0.1, -0.05) is 23.9 Å². The van der Waals surface area contributed by atoms with Crippen LogP contribution in [0.3, 0.4) is 0 Å². The highest BCUT2D eigenvalue weighted by atomic mass is 16.2. The van der Waals surface area contributed by atoms with Gasteiger partial charge in [0.05, 0.1) is 12.7 Å². The molecular weight excluding hydrogens is 342 g/mol. The number of amides is 2. The minimum absolute atomic E-state index is 0.0206. The molecule has 0 aliphatic heterocycles. The normalized spacial score (nSPS) is 10.7. The summed E-state index contributed by atoms with van der Waals surface area (Å²) in [7, 11) is 0. The number of hydrogen-bond donors (Lipinski definition) is 0. The predicted molar refractivity (Wildman–Crippen MR) is 105 cm³/mol. The molecule has 0 saturated heterocycles. The molecule has 0 aliphatic carbocycles. The smallest absolute Gasteiger partial charge is 0.250 e. The lowest BCUT2D eigenvalue weighted by Gasteiger charge is -2.23. The molecule has 0 radical (unpaired) electrons. The van der Waals surface area contributed by atoms with E-state index in [1.54, 1.807) is 21.4 Å². The molecule has 0 bridgehead atoms. The Balaban J connectivity index is 2.28. The van der Waals surface area contributed by atoms with Gasteiger partial charge in [-0.3, -0.25) is 9.59 Å². The van der Waals surface area contributed by atoms with Crippen LogP contribution >= 0.6 is 0 Å². The van der Waals surface area contributed by atoms with Crippen LogP contribution in [0.5, 0.6) is 0 Å². The Morgan fingerprint density at radius 3 is 2.59 bits per heavy atom. The number of nitrogens with zero attached hydrogens (tertiary/aromatic N) is 5. The van der Waals surface area contributed by atoms with Gasteiger partial charge in [-0.05, 0) is 44.5 Å². The SMILES string of the molecule is C=CC(=O)N(Cc1cn(C(C)C)nn1)c1cccc(CN(CC)C(C)=O)c1. The zero-order valence-electron chi connectivity index (χ0n) is 16.4. The van der Waals surface area contributed by atoms with Crippen molar-refractivity contribution in [2.24, 2.45) is 0 Å². The molecule has 144 valence electrons. The quantitative estimate of drug-likeness (QED) is 0.671. The Bertz CT molecular complexity index is 812. The summed E-state index contributed by atoms with van der Waals surface area (Å²) in [6.45, 7) is 12.6. The first-order chi connectivity index (χ1) is 12.8. The highest BCUT2D eigenvalue weighted by Gasteiger charge is 2.17. The number of carbonyl (C=O) groups excluding carboxylic acids is 2. The van der Waals surface area contributed by atoms with Crippen LogP contribution in [0.15, 0.2) is 43.1 Å². The lowest BCUT2D eigenvalue weighted by molar-refractivity contribution is -0.129. The number of benzene rings is 1. The van der Waals surface area contributed by atoms with Gasteiger partial charge in [0.1, 0.15) is 5.69 Å². The maximum atomic E-state index is 12.4. The molecule has 0 saturated carbocycles. The number of anilines is 1.